The van der Waals surface area contributed by atoms with Crippen molar-refractivity contribution in [1.82, 2.24) is 19.3 Å². The summed E-state index contributed by atoms with van der Waals surface area (Å²) in [6, 6.07) is 24.0. The van der Waals surface area contributed by atoms with E-state index < -0.39 is 16.1 Å². The van der Waals surface area contributed by atoms with Crippen LogP contribution in [-0.2, 0) is 18.5 Å². The van der Waals surface area contributed by atoms with Crippen LogP contribution >= 0.6 is 45.8 Å². The first kappa shape index (κ1) is 32.9. The number of amides is 1. The number of H-pyrrole nitrogens is 1. The van der Waals surface area contributed by atoms with E-state index in [9.17, 15) is 18.0 Å². The largest absolute Gasteiger partial charge is 0.347 e. The zero-order valence-electron chi connectivity index (χ0n) is 25.5. The fourth-order valence-corrected chi connectivity index (χ4v) is 9.35. The SMILES string of the molecule is O=C1CN(c2ccc(C(c3ccc(-c4ccn(C5(I)CCCCC5)c(=O)c4)cc3)c3nc(-c4ccc(Cl)cc4Cl)c[nH]3)cc2)S(=O)(=O)N1. The molecule has 1 amide bonds. The third-order valence-corrected chi connectivity index (χ3v) is 12.5. The quantitative estimate of drug-likeness (QED) is 0.130. The van der Waals surface area contributed by atoms with E-state index in [1.54, 1.807) is 36.5 Å². The first-order valence-electron chi connectivity index (χ1n) is 15.5. The van der Waals surface area contributed by atoms with Gasteiger partial charge in [-0.3, -0.25) is 9.59 Å². The van der Waals surface area contributed by atoms with E-state index in [-0.39, 0.29) is 21.6 Å². The number of hydrogen-bond acceptors (Lipinski definition) is 5. The molecule has 48 heavy (non-hydrogen) atoms. The normalized spacial score (nSPS) is 17.6. The predicted molar refractivity (Wildman–Crippen MR) is 197 cm³/mol. The van der Waals surface area contributed by atoms with Gasteiger partial charge in [0.2, 0.25) is 0 Å². The molecule has 2 aliphatic rings. The molecule has 0 spiro atoms. The number of alkyl halides is 1. The molecule has 0 radical (unpaired) electrons. The number of aromatic amines is 1. The van der Waals surface area contributed by atoms with Crippen molar-refractivity contribution in [2.45, 2.75) is 41.6 Å². The van der Waals surface area contributed by atoms with Crippen molar-refractivity contribution in [3.63, 3.8) is 0 Å². The molecule has 1 unspecified atom stereocenters. The third-order valence-electron chi connectivity index (χ3n) is 8.96. The molecule has 1 atom stereocenters. The summed E-state index contributed by atoms with van der Waals surface area (Å²) in [5.74, 6) is -0.313. The molecule has 3 heterocycles. The smallest absolute Gasteiger partial charge is 0.326 e. The van der Waals surface area contributed by atoms with Gasteiger partial charge in [-0.1, -0.05) is 101 Å². The molecule has 246 valence electrons. The number of anilines is 1. The van der Waals surface area contributed by atoms with Crippen LogP contribution in [0, 0.1) is 0 Å². The lowest BCUT2D eigenvalue weighted by molar-refractivity contribution is -0.117. The van der Waals surface area contributed by atoms with E-state index in [1.807, 2.05) is 64.0 Å². The summed E-state index contributed by atoms with van der Waals surface area (Å²) in [5.41, 5.74) is 5.24. The monoisotopic (exact) mass is 813 g/mol. The van der Waals surface area contributed by atoms with Crippen LogP contribution in [0.4, 0.5) is 5.69 Å². The highest BCUT2D eigenvalue weighted by Crippen LogP contribution is 2.40. The lowest BCUT2D eigenvalue weighted by Gasteiger charge is -2.33. The molecule has 2 fully saturated rings. The maximum atomic E-state index is 13.3. The Bertz CT molecular complexity index is 2180. The van der Waals surface area contributed by atoms with Crippen LogP contribution in [0.2, 0.25) is 10.0 Å². The predicted octanol–water partition coefficient (Wildman–Crippen LogP) is 7.63. The highest BCUT2D eigenvalue weighted by atomic mass is 127. The fraction of sp³-hybridized carbons (Fsp3) is 0.229. The molecule has 1 aliphatic heterocycles. The molecule has 0 bridgehead atoms. The fourth-order valence-electron chi connectivity index (χ4n) is 6.53. The maximum Gasteiger partial charge on any atom is 0.326 e. The Morgan fingerprint density at radius 2 is 1.54 bits per heavy atom. The van der Waals surface area contributed by atoms with Gasteiger partial charge in [0.15, 0.2) is 0 Å². The number of aromatic nitrogens is 3. The van der Waals surface area contributed by atoms with Gasteiger partial charge in [-0.05, 0) is 71.5 Å². The Balaban J connectivity index is 1.24. The number of pyridine rings is 1. The number of benzene rings is 3. The zero-order valence-corrected chi connectivity index (χ0v) is 30.0. The molecule has 7 rings (SSSR count). The number of rotatable bonds is 7. The number of hydrogen-bond donors (Lipinski definition) is 2. The average Bonchev–Trinajstić information content (AvgIpc) is 3.64. The Morgan fingerprint density at radius 3 is 2.17 bits per heavy atom. The van der Waals surface area contributed by atoms with Crippen LogP contribution < -0.4 is 14.6 Å². The molecule has 1 saturated heterocycles. The van der Waals surface area contributed by atoms with Crippen LogP contribution in [0.25, 0.3) is 22.4 Å². The minimum Gasteiger partial charge on any atom is -0.347 e. The van der Waals surface area contributed by atoms with Crippen molar-refractivity contribution >= 4 is 67.6 Å². The van der Waals surface area contributed by atoms with Crippen molar-refractivity contribution in [3.05, 3.63) is 129 Å². The Kier molecular flexibility index (Phi) is 8.90. The lowest BCUT2D eigenvalue weighted by atomic mass is 9.89. The van der Waals surface area contributed by atoms with Crippen LogP contribution in [-0.4, -0.2) is 35.4 Å². The molecule has 5 aromatic rings. The number of imidazole rings is 1. The van der Waals surface area contributed by atoms with E-state index in [1.165, 1.54) is 6.42 Å². The number of nitrogens with zero attached hydrogens (tertiary/aromatic N) is 3. The Hall–Kier alpha value is -3.65. The van der Waals surface area contributed by atoms with Gasteiger partial charge in [-0.2, -0.15) is 8.42 Å². The second kappa shape index (κ2) is 13.0. The maximum absolute atomic E-state index is 13.3. The van der Waals surface area contributed by atoms with Crippen LogP contribution in [0.15, 0.2) is 96.1 Å². The molecular weight excluding hydrogens is 784 g/mol. The van der Waals surface area contributed by atoms with Crippen molar-refractivity contribution in [2.24, 2.45) is 0 Å². The van der Waals surface area contributed by atoms with Gasteiger partial charge in [0, 0.05) is 29.0 Å². The summed E-state index contributed by atoms with van der Waals surface area (Å²) >= 11 is 15.1. The second-order valence-electron chi connectivity index (χ2n) is 12.1. The van der Waals surface area contributed by atoms with Gasteiger partial charge in [-0.25, -0.2) is 14.0 Å². The van der Waals surface area contributed by atoms with Gasteiger partial charge in [-0.15, -0.1) is 0 Å². The first-order valence-corrected chi connectivity index (χ1v) is 18.7. The van der Waals surface area contributed by atoms with E-state index in [4.69, 9.17) is 28.2 Å². The summed E-state index contributed by atoms with van der Waals surface area (Å²) in [4.78, 5) is 33.3. The van der Waals surface area contributed by atoms with Gasteiger partial charge >= 0.3 is 10.2 Å². The molecule has 13 heteroatoms. The number of nitrogens with one attached hydrogen (secondary N) is 2. The van der Waals surface area contributed by atoms with Gasteiger partial charge in [0.1, 0.15) is 12.4 Å². The van der Waals surface area contributed by atoms with Crippen LogP contribution in [0.5, 0.6) is 0 Å². The third kappa shape index (κ3) is 6.40. The van der Waals surface area contributed by atoms with E-state index >= 15 is 0 Å². The second-order valence-corrected chi connectivity index (χ2v) is 16.5. The summed E-state index contributed by atoms with van der Waals surface area (Å²) in [6.07, 6.45) is 9.15. The highest BCUT2D eigenvalue weighted by Gasteiger charge is 2.34. The molecule has 3 aromatic carbocycles. The topological polar surface area (TPSA) is 117 Å². The minimum absolute atomic E-state index is 0.00765. The molecule has 9 nitrogen and oxygen atoms in total. The molecule has 1 aliphatic carbocycles. The Morgan fingerprint density at radius 1 is 0.854 bits per heavy atom. The zero-order chi connectivity index (χ0) is 33.6. The number of halogens is 3. The lowest BCUT2D eigenvalue weighted by Crippen LogP contribution is -2.37. The van der Waals surface area contributed by atoms with Gasteiger partial charge < -0.3 is 9.55 Å². The van der Waals surface area contributed by atoms with Gasteiger partial charge in [0.25, 0.3) is 11.5 Å². The van der Waals surface area contributed by atoms with Crippen LogP contribution in [0.1, 0.15) is 55.0 Å². The molecule has 2 aromatic heterocycles. The van der Waals surface area contributed by atoms with Crippen molar-refractivity contribution in [1.29, 1.82) is 0 Å². The van der Waals surface area contributed by atoms with Crippen molar-refractivity contribution in [3.8, 4) is 22.4 Å². The summed E-state index contributed by atoms with van der Waals surface area (Å²) in [6.45, 7) is -0.278. The minimum atomic E-state index is -3.94. The number of carbonyl (C=O) groups excluding carboxylic acids is 1. The van der Waals surface area contributed by atoms with Crippen LogP contribution in [0.3, 0.4) is 0 Å². The highest BCUT2D eigenvalue weighted by molar-refractivity contribution is 14.1. The summed E-state index contributed by atoms with van der Waals surface area (Å²) in [5, 5.41) is 0.995. The van der Waals surface area contributed by atoms with Gasteiger partial charge in [0.05, 0.1) is 25.9 Å². The summed E-state index contributed by atoms with van der Waals surface area (Å²) in [7, 11) is -3.94. The number of carbonyl (C=O) groups is 1. The first-order chi connectivity index (χ1) is 23.0. The van der Waals surface area contributed by atoms with E-state index in [0.717, 1.165) is 57.8 Å². The summed E-state index contributed by atoms with van der Waals surface area (Å²) < 4.78 is 29.6. The molecular formula is C35H30Cl2IN5O4S. The Labute approximate surface area is 301 Å². The van der Waals surface area contributed by atoms with E-state index in [0.29, 0.717) is 27.3 Å². The van der Waals surface area contributed by atoms with Crippen molar-refractivity contribution < 1.29 is 13.2 Å². The van der Waals surface area contributed by atoms with Crippen molar-refractivity contribution in [2.75, 3.05) is 10.8 Å². The molecule has 1 saturated carbocycles. The average molecular weight is 815 g/mol. The van der Waals surface area contributed by atoms with E-state index in [2.05, 4.69) is 27.6 Å². The molecule has 2 N–H and O–H groups in total. The standard InChI is InChI=1S/C35H30Cl2IN5O4S/c36-26-10-13-28(29(37)19-26)30-20-39-34(40-30)33(24-8-11-27(12-9-24)43-21-31(44)41-48(43,46)47)23-6-4-22(5-7-23)25-14-17-42(32(45)18-25)35(38)15-2-1-3-16-35/h4-14,17-20,33H,1-3,15-16,21H2,(H,39,40)(H,41,44).